The predicted molar refractivity (Wildman–Crippen MR) is 309 cm³/mol. The summed E-state index contributed by atoms with van der Waals surface area (Å²) in [5.74, 6) is -0.179. The summed E-state index contributed by atoms with van der Waals surface area (Å²) < 4.78 is 90.9. The maximum Gasteiger partial charge on any atom is 0.314 e. The molecule has 2 aliphatic rings. The molecule has 0 aliphatic carbocycles. The first kappa shape index (κ1) is 65.2. The average Bonchev–Trinajstić information content (AvgIpc) is 3.48. The quantitative estimate of drug-likeness (QED) is 0.0282. The second-order valence-electron chi connectivity index (χ2n) is 19.1. The summed E-state index contributed by atoms with van der Waals surface area (Å²) in [7, 11) is -3.56. The molecule has 20 nitrogen and oxygen atoms in total. The van der Waals surface area contributed by atoms with Crippen molar-refractivity contribution >= 4 is 78.5 Å². The van der Waals surface area contributed by atoms with E-state index in [1.165, 1.54) is 0 Å². The van der Waals surface area contributed by atoms with E-state index < -0.39 is 20.0 Å². The minimum Gasteiger partial charge on any atom is -0.378 e. The number of nitrogens with one attached hydrogen (secondary N) is 6. The van der Waals surface area contributed by atoms with Gasteiger partial charge in [-0.1, -0.05) is 70.7 Å². The predicted octanol–water partition coefficient (Wildman–Crippen LogP) is 6.19. The van der Waals surface area contributed by atoms with Crippen molar-refractivity contribution in [3.8, 4) is 0 Å². The van der Waals surface area contributed by atoms with E-state index in [-0.39, 0.29) is 73.2 Å². The summed E-state index contributed by atoms with van der Waals surface area (Å²) in [5, 5.41) is 13.3. The molecule has 0 bridgehead atoms. The minimum absolute atomic E-state index is 0.0897. The number of hydrogen-bond acceptors (Lipinski definition) is 14. The highest BCUT2D eigenvalue weighted by Gasteiger charge is 2.30. The molecule has 0 saturated carbocycles. The fourth-order valence-electron chi connectivity index (χ4n) is 9.06. The highest BCUT2D eigenvalue weighted by atomic mass is 35.5. The molecule has 4 aromatic carbocycles. The second-order valence-corrected chi connectivity index (χ2v) is 24.3. The lowest BCUT2D eigenvalue weighted by atomic mass is 9.85. The van der Waals surface area contributed by atoms with E-state index >= 15 is 0 Å². The van der Waals surface area contributed by atoms with E-state index in [1.807, 2.05) is 38.4 Å². The average molecular weight is 1230 g/mol. The number of sulfonamides is 2. The van der Waals surface area contributed by atoms with E-state index in [2.05, 4.69) is 40.5 Å². The van der Waals surface area contributed by atoms with Gasteiger partial charge in [-0.2, -0.15) is 0 Å². The zero-order chi connectivity index (χ0) is 57.3. The van der Waals surface area contributed by atoms with Crippen LogP contribution in [0.2, 0.25) is 20.1 Å². The fourth-order valence-corrected chi connectivity index (χ4v) is 12.3. The van der Waals surface area contributed by atoms with E-state index in [4.69, 9.17) is 74.8 Å². The van der Waals surface area contributed by atoms with Crippen LogP contribution >= 0.6 is 46.4 Å². The van der Waals surface area contributed by atoms with Gasteiger partial charge in [0.15, 0.2) is 0 Å². The highest BCUT2D eigenvalue weighted by molar-refractivity contribution is 7.89. The minimum atomic E-state index is -3.78. The van der Waals surface area contributed by atoms with Crippen molar-refractivity contribution in [2.75, 3.05) is 146 Å². The van der Waals surface area contributed by atoms with Gasteiger partial charge in [0.05, 0.1) is 89.1 Å². The van der Waals surface area contributed by atoms with Crippen molar-refractivity contribution in [2.45, 2.75) is 47.6 Å². The van der Waals surface area contributed by atoms with Crippen molar-refractivity contribution < 1.29 is 54.8 Å². The number of fused-ring (bicyclic) bond motifs is 2. The van der Waals surface area contributed by atoms with Gasteiger partial charge in [-0.15, -0.1) is 0 Å². The number of benzene rings is 4. The van der Waals surface area contributed by atoms with Gasteiger partial charge in [0, 0.05) is 97.4 Å². The third-order valence-corrected chi connectivity index (χ3v) is 17.0. The molecule has 2 heterocycles. The molecule has 6 rings (SSSR count). The molecule has 0 fully saturated rings. The molecule has 4 aromatic rings. The van der Waals surface area contributed by atoms with Gasteiger partial charge >= 0.3 is 12.1 Å². The second kappa shape index (κ2) is 34.0. The largest absolute Gasteiger partial charge is 0.378 e. The Balaban J connectivity index is 0.667. The molecule has 0 aromatic heterocycles. The smallest absolute Gasteiger partial charge is 0.314 e. The molecule has 2 unspecified atom stereocenters. The third kappa shape index (κ3) is 21.7. The van der Waals surface area contributed by atoms with Crippen LogP contribution in [0.4, 0.5) is 9.59 Å². The number of halogens is 4. The monoisotopic (exact) mass is 1230 g/mol. The van der Waals surface area contributed by atoms with Crippen LogP contribution in [0.3, 0.4) is 0 Å². The van der Waals surface area contributed by atoms with Gasteiger partial charge in [0.1, 0.15) is 0 Å². The van der Waals surface area contributed by atoms with Crippen LogP contribution in [0, 0.1) is 0 Å². The molecule has 0 radical (unpaired) electrons. The van der Waals surface area contributed by atoms with E-state index in [9.17, 15) is 26.4 Å². The lowest BCUT2D eigenvalue weighted by Gasteiger charge is -2.33. The SMILES string of the molecule is CN1Cc2c(Cl)cc(Cl)cc2C(c2cccc(S(=O)(=O)NCCOCCOCCOCCNC(=O)NCCCCNC(=O)NCCOCCOCCOCCNS(=O)(=O)c3cccc(C4CN(C)Cc5c(Cl)cc(Cl)cc54)c3)c2)C1. The Kier molecular flexibility index (Phi) is 27.7. The van der Waals surface area contributed by atoms with Crippen molar-refractivity contribution in [2.24, 2.45) is 0 Å². The van der Waals surface area contributed by atoms with Crippen LogP contribution in [0.25, 0.3) is 0 Å². The van der Waals surface area contributed by atoms with E-state index in [0.717, 1.165) is 33.4 Å². The van der Waals surface area contributed by atoms with Crippen molar-refractivity contribution in [1.82, 2.24) is 40.5 Å². The Morgan fingerprint density at radius 1 is 0.475 bits per heavy atom. The zero-order valence-electron chi connectivity index (χ0n) is 45.2. The maximum atomic E-state index is 13.1. The molecular formula is C54H74Cl4N8O12S2. The zero-order valence-corrected chi connectivity index (χ0v) is 49.8. The van der Waals surface area contributed by atoms with Crippen molar-refractivity contribution in [1.29, 1.82) is 0 Å². The number of urea groups is 2. The summed E-state index contributed by atoms with van der Waals surface area (Å²) in [4.78, 5) is 28.8. The number of ether oxygens (including phenoxy) is 6. The Morgan fingerprint density at radius 2 is 0.812 bits per heavy atom. The van der Waals surface area contributed by atoms with Gasteiger partial charge < -0.3 is 59.5 Å². The summed E-state index contributed by atoms with van der Waals surface area (Å²) in [6.07, 6.45) is 1.34. The Labute approximate surface area is 490 Å². The standard InChI is InChI=1S/C54H74Cl4N8O12S2/c1-65-35-47(45-31-41(55)33-51(57)49(45)37-65)39-7-5-9-43(29-39)79(69,70)63-15-19-75-23-27-77-25-21-73-17-13-61-53(67)59-11-3-4-12-60-54(68)62-14-18-74-22-26-78-28-24-76-20-16-64-80(71,72)44-10-6-8-40(30-44)48-36-66(2)38-50-46(48)32-42(56)34-52(50)58/h5-10,29-34,47-48,63-64H,3-4,11-28,35-38H2,1-2H3,(H2,59,61,67)(H2,60,62,68). The molecule has 26 heteroatoms. The molecule has 442 valence electrons. The topological polar surface area (TPSA) is 236 Å². The lowest BCUT2D eigenvalue weighted by Crippen LogP contribution is -2.39. The molecular weight excluding hydrogens is 1160 g/mol. The van der Waals surface area contributed by atoms with E-state index in [0.29, 0.717) is 138 Å². The number of nitrogens with zero attached hydrogens (tertiary/aromatic N) is 2. The number of carbonyl (C=O) groups is 2. The van der Waals surface area contributed by atoms with Crippen LogP contribution in [0.15, 0.2) is 82.6 Å². The van der Waals surface area contributed by atoms with Gasteiger partial charge in [-0.25, -0.2) is 35.9 Å². The van der Waals surface area contributed by atoms with Gasteiger partial charge in [0.2, 0.25) is 20.0 Å². The fraction of sp³-hybridized carbons (Fsp3) is 0.519. The number of likely N-dealkylation sites (N-methyl/N-ethyl adjacent to an activating group) is 2. The molecule has 4 amide bonds. The molecule has 0 saturated heterocycles. The Bertz CT molecular complexity index is 2660. The molecule has 2 aliphatic heterocycles. The lowest BCUT2D eigenvalue weighted by molar-refractivity contribution is 0.0165. The third-order valence-electron chi connectivity index (χ3n) is 12.9. The van der Waals surface area contributed by atoms with Crippen LogP contribution in [0.1, 0.15) is 58.1 Å². The summed E-state index contributed by atoms with van der Waals surface area (Å²) in [6.45, 7) is 7.88. The van der Waals surface area contributed by atoms with Crippen LogP contribution in [-0.2, 0) is 61.6 Å². The number of rotatable bonds is 35. The first-order valence-corrected chi connectivity index (χ1v) is 31.0. The maximum absolute atomic E-state index is 13.1. The number of carbonyl (C=O) groups excluding carboxylic acids is 2. The number of unbranched alkanes of at least 4 members (excludes halogenated alkanes) is 1. The first-order chi connectivity index (χ1) is 38.5. The summed E-state index contributed by atoms with van der Waals surface area (Å²) in [6, 6.07) is 20.5. The van der Waals surface area contributed by atoms with Crippen molar-refractivity contribution in [3.63, 3.8) is 0 Å². The Morgan fingerprint density at radius 3 is 1.19 bits per heavy atom. The van der Waals surface area contributed by atoms with Crippen LogP contribution < -0.4 is 30.7 Å². The van der Waals surface area contributed by atoms with Gasteiger partial charge in [-0.05, 0) is 109 Å². The molecule has 0 spiro atoms. The van der Waals surface area contributed by atoms with Gasteiger partial charge in [-0.3, -0.25) is 0 Å². The van der Waals surface area contributed by atoms with Crippen LogP contribution in [0.5, 0.6) is 0 Å². The Hall–Kier alpha value is -3.92. The molecule has 80 heavy (non-hydrogen) atoms. The summed E-state index contributed by atoms with van der Waals surface area (Å²) in [5.41, 5.74) is 5.70. The normalized spacial score (nSPS) is 15.8. The van der Waals surface area contributed by atoms with E-state index in [1.54, 1.807) is 48.5 Å². The number of amides is 4. The van der Waals surface area contributed by atoms with Crippen LogP contribution in [-0.4, -0.2) is 184 Å². The first-order valence-electron chi connectivity index (χ1n) is 26.5. The van der Waals surface area contributed by atoms with Gasteiger partial charge in [0.25, 0.3) is 0 Å². The van der Waals surface area contributed by atoms with Crippen molar-refractivity contribution in [3.05, 3.63) is 126 Å². The highest BCUT2D eigenvalue weighted by Crippen LogP contribution is 2.40. The molecule has 6 N–H and O–H groups in total. The number of hydrogen-bond donors (Lipinski definition) is 6. The summed E-state index contributed by atoms with van der Waals surface area (Å²) >= 11 is 25.7. The molecule has 2 atom stereocenters.